The molecule has 1 amide bonds. The van der Waals surface area contributed by atoms with E-state index >= 15 is 0 Å². The van der Waals surface area contributed by atoms with Crippen molar-refractivity contribution in [2.75, 3.05) is 5.32 Å². The Balaban J connectivity index is 1.79. The molecule has 0 spiro atoms. The number of hydrogen-bond donors (Lipinski definition) is 1. The Bertz CT molecular complexity index is 650. The molecule has 1 aromatic heterocycles. The number of carbonyl (C=O) groups is 1. The number of aromatic nitrogens is 2. The Morgan fingerprint density at radius 3 is 2.62 bits per heavy atom. The molecule has 0 aliphatic rings. The Morgan fingerprint density at radius 2 is 1.96 bits per heavy atom. The Labute approximate surface area is 152 Å². The van der Waals surface area contributed by atoms with Crippen molar-refractivity contribution in [3.8, 4) is 0 Å². The SMILES string of the molecule is C[C@H](CC(=O)Nc1nnc(SCc2ccccc2)s1)CC(C)(C)C. The van der Waals surface area contributed by atoms with E-state index in [4.69, 9.17) is 0 Å². The molecular weight excluding hydrogens is 338 g/mol. The fourth-order valence-corrected chi connectivity index (χ4v) is 4.37. The first-order valence-electron chi connectivity index (χ1n) is 8.12. The summed E-state index contributed by atoms with van der Waals surface area (Å²) in [4.78, 5) is 12.1. The molecule has 0 aliphatic carbocycles. The predicted octanol–water partition coefficient (Wildman–Crippen LogP) is 5.23. The molecule has 0 saturated heterocycles. The van der Waals surface area contributed by atoms with Gasteiger partial charge in [0.15, 0.2) is 4.34 Å². The van der Waals surface area contributed by atoms with Gasteiger partial charge in [0.1, 0.15) is 0 Å². The zero-order valence-electron chi connectivity index (χ0n) is 14.7. The second-order valence-electron chi connectivity index (χ2n) is 7.27. The second kappa shape index (κ2) is 8.62. The van der Waals surface area contributed by atoms with Crippen LogP contribution in [0.25, 0.3) is 0 Å². The molecule has 6 heteroatoms. The number of amides is 1. The van der Waals surface area contributed by atoms with Gasteiger partial charge in [-0.05, 0) is 23.3 Å². The van der Waals surface area contributed by atoms with Crippen molar-refractivity contribution < 1.29 is 4.79 Å². The molecule has 2 aromatic rings. The number of rotatable bonds is 7. The van der Waals surface area contributed by atoms with Gasteiger partial charge in [-0.1, -0.05) is 81.1 Å². The van der Waals surface area contributed by atoms with Gasteiger partial charge in [0.05, 0.1) is 0 Å². The van der Waals surface area contributed by atoms with Crippen LogP contribution in [0.15, 0.2) is 34.7 Å². The summed E-state index contributed by atoms with van der Waals surface area (Å²) in [7, 11) is 0. The third-order valence-electron chi connectivity index (χ3n) is 3.35. The zero-order chi connectivity index (χ0) is 17.6. The van der Waals surface area contributed by atoms with Crippen LogP contribution in [0.1, 0.15) is 46.1 Å². The Morgan fingerprint density at radius 1 is 1.25 bits per heavy atom. The number of benzene rings is 1. The van der Waals surface area contributed by atoms with Crippen LogP contribution in [0.2, 0.25) is 0 Å². The summed E-state index contributed by atoms with van der Waals surface area (Å²) in [5.74, 6) is 1.22. The first-order valence-corrected chi connectivity index (χ1v) is 9.92. The molecule has 0 aliphatic heterocycles. The van der Waals surface area contributed by atoms with Crippen molar-refractivity contribution in [3.05, 3.63) is 35.9 Å². The van der Waals surface area contributed by atoms with Gasteiger partial charge in [0, 0.05) is 12.2 Å². The molecule has 0 saturated carbocycles. The molecule has 1 aromatic carbocycles. The molecular formula is C18H25N3OS2. The van der Waals surface area contributed by atoms with Gasteiger partial charge in [-0.25, -0.2) is 0 Å². The quantitative estimate of drug-likeness (QED) is 0.540. The average Bonchev–Trinajstić information content (AvgIpc) is 2.91. The molecule has 0 bridgehead atoms. The molecule has 0 unspecified atom stereocenters. The predicted molar refractivity (Wildman–Crippen MR) is 102 cm³/mol. The first kappa shape index (κ1) is 18.9. The van der Waals surface area contributed by atoms with Crippen molar-refractivity contribution in [2.45, 2.75) is 50.6 Å². The highest BCUT2D eigenvalue weighted by molar-refractivity contribution is 8.00. The number of nitrogens with one attached hydrogen (secondary N) is 1. The molecule has 1 N–H and O–H groups in total. The maximum absolute atomic E-state index is 12.1. The monoisotopic (exact) mass is 363 g/mol. The molecule has 4 nitrogen and oxygen atoms in total. The lowest BCUT2D eigenvalue weighted by molar-refractivity contribution is -0.117. The van der Waals surface area contributed by atoms with Crippen LogP contribution in [0, 0.1) is 11.3 Å². The molecule has 24 heavy (non-hydrogen) atoms. The highest BCUT2D eigenvalue weighted by atomic mass is 32.2. The smallest absolute Gasteiger partial charge is 0.226 e. The molecule has 0 radical (unpaired) electrons. The third kappa shape index (κ3) is 7.01. The fraction of sp³-hybridized carbons (Fsp3) is 0.500. The van der Waals surface area contributed by atoms with E-state index in [1.54, 1.807) is 11.8 Å². The highest BCUT2D eigenvalue weighted by Gasteiger charge is 2.18. The number of hydrogen-bond acceptors (Lipinski definition) is 5. The van der Waals surface area contributed by atoms with E-state index in [9.17, 15) is 4.79 Å². The number of thioether (sulfide) groups is 1. The number of anilines is 1. The Kier molecular flexibility index (Phi) is 6.80. The summed E-state index contributed by atoms with van der Waals surface area (Å²) < 4.78 is 0.872. The van der Waals surface area contributed by atoms with Crippen LogP contribution in [-0.4, -0.2) is 16.1 Å². The first-order chi connectivity index (χ1) is 11.3. The minimum Gasteiger partial charge on any atom is -0.300 e. The summed E-state index contributed by atoms with van der Waals surface area (Å²) in [5, 5.41) is 11.7. The maximum Gasteiger partial charge on any atom is 0.226 e. The summed E-state index contributed by atoms with van der Waals surface area (Å²) >= 11 is 3.07. The van der Waals surface area contributed by atoms with Crippen LogP contribution in [0.5, 0.6) is 0 Å². The van der Waals surface area contributed by atoms with Gasteiger partial charge in [0.2, 0.25) is 11.0 Å². The standard InChI is InChI=1S/C18H25N3OS2/c1-13(11-18(2,3)4)10-15(22)19-16-20-21-17(24-16)23-12-14-8-6-5-7-9-14/h5-9,13H,10-12H2,1-4H3,(H,19,20,22)/t13-/m1/s1. The van der Waals surface area contributed by atoms with Gasteiger partial charge >= 0.3 is 0 Å². The van der Waals surface area contributed by atoms with Crippen molar-refractivity contribution in [2.24, 2.45) is 11.3 Å². The number of nitrogens with zero attached hydrogens (tertiary/aromatic N) is 2. The molecule has 1 atom stereocenters. The molecule has 0 fully saturated rings. The van der Waals surface area contributed by atoms with Crippen LogP contribution in [-0.2, 0) is 10.5 Å². The van der Waals surface area contributed by atoms with Gasteiger partial charge in [-0.3, -0.25) is 4.79 Å². The third-order valence-corrected chi connectivity index (χ3v) is 5.40. The van der Waals surface area contributed by atoms with Crippen molar-refractivity contribution in [1.82, 2.24) is 10.2 Å². The lowest BCUT2D eigenvalue weighted by Gasteiger charge is -2.22. The van der Waals surface area contributed by atoms with Gasteiger partial charge in [0.25, 0.3) is 0 Å². The van der Waals surface area contributed by atoms with Gasteiger partial charge < -0.3 is 5.32 Å². The van der Waals surface area contributed by atoms with Crippen LogP contribution in [0.4, 0.5) is 5.13 Å². The highest BCUT2D eigenvalue weighted by Crippen LogP contribution is 2.29. The van der Waals surface area contributed by atoms with E-state index in [0.29, 0.717) is 17.5 Å². The van der Waals surface area contributed by atoms with E-state index in [-0.39, 0.29) is 11.3 Å². The van der Waals surface area contributed by atoms with Crippen molar-refractivity contribution in [3.63, 3.8) is 0 Å². The zero-order valence-corrected chi connectivity index (χ0v) is 16.3. The van der Waals surface area contributed by atoms with Crippen molar-refractivity contribution in [1.29, 1.82) is 0 Å². The van der Waals surface area contributed by atoms with Gasteiger partial charge in [-0.2, -0.15) is 0 Å². The van der Waals surface area contributed by atoms with Crippen LogP contribution < -0.4 is 5.32 Å². The van der Waals surface area contributed by atoms with Gasteiger partial charge in [-0.15, -0.1) is 10.2 Å². The summed E-state index contributed by atoms with van der Waals surface area (Å²) in [6, 6.07) is 10.2. The number of carbonyl (C=O) groups excluding carboxylic acids is 1. The van der Waals surface area contributed by atoms with E-state index in [2.05, 4.69) is 55.3 Å². The topological polar surface area (TPSA) is 54.9 Å². The van der Waals surface area contributed by atoms with Crippen LogP contribution >= 0.6 is 23.1 Å². The van der Waals surface area contributed by atoms with E-state index in [1.807, 2.05) is 18.2 Å². The molecule has 130 valence electrons. The molecule has 1 heterocycles. The minimum absolute atomic E-state index is 0.0162. The summed E-state index contributed by atoms with van der Waals surface area (Å²) in [5.41, 5.74) is 1.49. The largest absolute Gasteiger partial charge is 0.300 e. The van der Waals surface area contributed by atoms with Crippen LogP contribution in [0.3, 0.4) is 0 Å². The average molecular weight is 364 g/mol. The van der Waals surface area contributed by atoms with E-state index < -0.39 is 0 Å². The Hall–Kier alpha value is -1.40. The fourth-order valence-electron chi connectivity index (χ4n) is 2.64. The maximum atomic E-state index is 12.1. The second-order valence-corrected chi connectivity index (χ2v) is 9.47. The normalized spacial score (nSPS) is 12.8. The summed E-state index contributed by atoms with van der Waals surface area (Å²) in [6.45, 7) is 8.71. The van der Waals surface area contributed by atoms with E-state index in [1.165, 1.54) is 16.9 Å². The minimum atomic E-state index is 0.0162. The lowest BCUT2D eigenvalue weighted by Crippen LogP contribution is -2.18. The summed E-state index contributed by atoms with van der Waals surface area (Å²) in [6.07, 6.45) is 1.54. The molecule has 2 rings (SSSR count). The van der Waals surface area contributed by atoms with Crippen molar-refractivity contribution >= 4 is 34.1 Å². The lowest BCUT2D eigenvalue weighted by atomic mass is 9.84. The van der Waals surface area contributed by atoms with E-state index in [0.717, 1.165) is 16.5 Å².